The molecule has 1 N–H and O–H groups in total. The SMILES string of the molecule is O=C(N1CCC(N[S+](=O)([O-])Cc2ccccc2F)CC1)N1CC2CC(C1)[C@H]1CCCC(=O)N1C2. The number of rotatable bonds is 4. The van der Waals surface area contributed by atoms with E-state index in [1.807, 2.05) is 9.80 Å². The zero-order valence-corrected chi connectivity index (χ0v) is 20.2. The van der Waals surface area contributed by atoms with Crippen molar-refractivity contribution in [1.29, 1.82) is 0 Å². The quantitative estimate of drug-likeness (QED) is 0.653. The minimum absolute atomic E-state index is 0.0259. The average Bonchev–Trinajstić information content (AvgIpc) is 2.81. The maximum Gasteiger partial charge on any atom is 0.320 e. The minimum atomic E-state index is -3.68. The fraction of sp³-hybridized carbons (Fsp3) is 0.667. The van der Waals surface area contributed by atoms with Gasteiger partial charge in [-0.05, 0) is 50.0 Å². The molecule has 4 aliphatic rings. The third-order valence-corrected chi connectivity index (χ3v) is 9.25. The monoisotopic (exact) mass is 492 g/mol. The van der Waals surface area contributed by atoms with Gasteiger partial charge < -0.3 is 19.3 Å². The lowest BCUT2D eigenvalue weighted by molar-refractivity contribution is -0.144. The Morgan fingerprint density at radius 1 is 1.12 bits per heavy atom. The van der Waals surface area contributed by atoms with E-state index in [0.29, 0.717) is 57.3 Å². The van der Waals surface area contributed by atoms with Crippen molar-refractivity contribution in [1.82, 2.24) is 19.4 Å². The van der Waals surface area contributed by atoms with Crippen LogP contribution in [0.4, 0.5) is 9.18 Å². The second-order valence-electron chi connectivity index (χ2n) is 10.3. The van der Waals surface area contributed by atoms with Crippen LogP contribution < -0.4 is 4.72 Å². The van der Waals surface area contributed by atoms with Gasteiger partial charge in [-0.2, -0.15) is 0 Å². The molecule has 2 bridgehead atoms. The molecule has 4 saturated heterocycles. The van der Waals surface area contributed by atoms with Crippen LogP contribution in [0.15, 0.2) is 24.3 Å². The molecule has 34 heavy (non-hydrogen) atoms. The highest BCUT2D eigenvalue weighted by Gasteiger charge is 2.45. The van der Waals surface area contributed by atoms with Crippen molar-refractivity contribution in [2.24, 2.45) is 11.8 Å². The molecule has 0 spiro atoms. The van der Waals surface area contributed by atoms with Crippen LogP contribution in [0.25, 0.3) is 0 Å². The highest BCUT2D eigenvalue weighted by atomic mass is 32.3. The van der Waals surface area contributed by atoms with Crippen LogP contribution in [-0.2, 0) is 25.2 Å². The summed E-state index contributed by atoms with van der Waals surface area (Å²) in [7, 11) is -3.68. The van der Waals surface area contributed by atoms with E-state index in [4.69, 9.17) is 0 Å². The van der Waals surface area contributed by atoms with Gasteiger partial charge in [0.25, 0.3) is 0 Å². The zero-order chi connectivity index (χ0) is 23.9. The lowest BCUT2D eigenvalue weighted by Gasteiger charge is -2.53. The molecule has 5 rings (SSSR count). The summed E-state index contributed by atoms with van der Waals surface area (Å²) in [6.45, 7) is 3.12. The maximum atomic E-state index is 13.9. The van der Waals surface area contributed by atoms with Gasteiger partial charge >= 0.3 is 6.03 Å². The number of urea groups is 1. The third-order valence-electron chi connectivity index (χ3n) is 7.87. The number of amides is 3. The Kier molecular flexibility index (Phi) is 6.65. The Morgan fingerprint density at radius 2 is 1.88 bits per heavy atom. The molecule has 4 atom stereocenters. The first-order chi connectivity index (χ1) is 16.3. The largest absolute Gasteiger partial charge is 0.597 e. The van der Waals surface area contributed by atoms with Crippen LogP contribution in [0.1, 0.15) is 44.1 Å². The molecular formula is C24H33FN4O4S. The number of sulfonamides is 1. The first kappa shape index (κ1) is 23.7. The fourth-order valence-corrected chi connectivity index (χ4v) is 7.74. The highest BCUT2D eigenvalue weighted by molar-refractivity contribution is 7.95. The molecule has 1 aromatic rings. The number of nitrogens with one attached hydrogen (secondary N) is 1. The number of hydrogen-bond donors (Lipinski definition) is 1. The molecule has 10 heteroatoms. The van der Waals surface area contributed by atoms with Crippen LogP contribution >= 0.6 is 0 Å². The first-order valence-corrected chi connectivity index (χ1v) is 14.0. The van der Waals surface area contributed by atoms with Crippen molar-refractivity contribution in [3.05, 3.63) is 35.6 Å². The van der Waals surface area contributed by atoms with Crippen LogP contribution in [-0.4, -0.2) is 76.0 Å². The molecule has 0 aromatic heterocycles. The Morgan fingerprint density at radius 3 is 2.65 bits per heavy atom. The van der Waals surface area contributed by atoms with E-state index in [-0.39, 0.29) is 29.6 Å². The standard InChI is InChI=1S/C24H33FN4O4S/c25-21-5-2-1-4-18(21)16-34(32,33)26-20-8-10-27(11-9-20)24(31)28-13-17-12-19(15-28)22-6-3-7-23(30)29(22)14-17/h1-2,4-5,17,19-20,22H,3,6-16H2,(H-,26,32,33)/t17?,19?,22-/m1/s1. The number of likely N-dealkylation sites (tertiary alicyclic amines) is 2. The van der Waals surface area contributed by atoms with Gasteiger partial charge in [0.15, 0.2) is 5.75 Å². The number of halogens is 1. The van der Waals surface area contributed by atoms with Gasteiger partial charge in [-0.3, -0.25) is 4.79 Å². The fourth-order valence-electron chi connectivity index (χ4n) is 6.27. The summed E-state index contributed by atoms with van der Waals surface area (Å²) in [5.74, 6) is 0.0356. The van der Waals surface area contributed by atoms with Gasteiger partial charge in [-0.25, -0.2) is 9.18 Å². The lowest BCUT2D eigenvalue weighted by atomic mass is 9.76. The van der Waals surface area contributed by atoms with E-state index >= 15 is 0 Å². The summed E-state index contributed by atoms with van der Waals surface area (Å²) in [6, 6.07) is 5.92. The molecule has 0 aliphatic carbocycles. The Balaban J connectivity index is 1.13. The molecule has 3 unspecified atom stereocenters. The van der Waals surface area contributed by atoms with Gasteiger partial charge in [-0.15, -0.1) is 4.72 Å². The molecule has 8 nitrogen and oxygen atoms in total. The summed E-state index contributed by atoms with van der Waals surface area (Å²) in [4.78, 5) is 31.5. The number of benzene rings is 1. The van der Waals surface area contributed by atoms with E-state index in [1.54, 1.807) is 6.07 Å². The van der Waals surface area contributed by atoms with Crippen molar-refractivity contribution in [2.45, 2.75) is 56.4 Å². The molecule has 0 saturated carbocycles. The molecule has 186 valence electrons. The van der Waals surface area contributed by atoms with E-state index in [1.165, 1.54) is 18.2 Å². The van der Waals surface area contributed by atoms with Crippen molar-refractivity contribution in [3.63, 3.8) is 0 Å². The van der Waals surface area contributed by atoms with Crippen molar-refractivity contribution >= 4 is 22.3 Å². The summed E-state index contributed by atoms with van der Waals surface area (Å²) < 4.78 is 41.6. The molecule has 3 amide bonds. The van der Waals surface area contributed by atoms with Crippen LogP contribution in [0.2, 0.25) is 0 Å². The van der Waals surface area contributed by atoms with Gasteiger partial charge in [0.05, 0.1) is 6.04 Å². The number of nitrogens with zero attached hydrogens (tertiary/aromatic N) is 3. The summed E-state index contributed by atoms with van der Waals surface area (Å²) in [6.07, 6.45) is 4.78. The number of fused-ring (bicyclic) bond motifs is 4. The average molecular weight is 493 g/mol. The van der Waals surface area contributed by atoms with E-state index < -0.39 is 22.0 Å². The molecule has 4 fully saturated rings. The van der Waals surface area contributed by atoms with Crippen LogP contribution in [0.5, 0.6) is 0 Å². The van der Waals surface area contributed by atoms with E-state index in [0.717, 1.165) is 25.8 Å². The zero-order valence-electron chi connectivity index (χ0n) is 19.4. The van der Waals surface area contributed by atoms with Crippen LogP contribution in [0.3, 0.4) is 0 Å². The summed E-state index contributed by atoms with van der Waals surface area (Å²) in [5, 5.41) is 0. The van der Waals surface area contributed by atoms with Crippen molar-refractivity contribution in [3.8, 4) is 0 Å². The van der Waals surface area contributed by atoms with Gasteiger partial charge in [0, 0.05) is 50.7 Å². The third kappa shape index (κ3) is 4.99. The number of carbonyl (C=O) groups is 2. The minimum Gasteiger partial charge on any atom is -0.597 e. The summed E-state index contributed by atoms with van der Waals surface area (Å²) >= 11 is 0. The number of piperidine rings is 4. The summed E-state index contributed by atoms with van der Waals surface area (Å²) in [5.41, 5.74) is 0.150. The van der Waals surface area contributed by atoms with Gasteiger partial charge in [0.2, 0.25) is 5.91 Å². The molecule has 0 radical (unpaired) electrons. The molecule has 4 heterocycles. The predicted octanol–water partition coefficient (Wildman–Crippen LogP) is 2.38. The van der Waals surface area contributed by atoms with E-state index in [9.17, 15) is 22.7 Å². The highest BCUT2D eigenvalue weighted by Crippen LogP contribution is 2.38. The second-order valence-corrected chi connectivity index (χ2v) is 12.0. The lowest BCUT2D eigenvalue weighted by Crippen LogP contribution is -2.62. The van der Waals surface area contributed by atoms with Crippen molar-refractivity contribution < 1.29 is 22.7 Å². The van der Waals surface area contributed by atoms with Gasteiger partial charge in [0.1, 0.15) is 16.2 Å². The first-order valence-electron chi connectivity index (χ1n) is 12.4. The Labute approximate surface area is 201 Å². The van der Waals surface area contributed by atoms with E-state index in [2.05, 4.69) is 9.62 Å². The molecule has 1 aromatic carbocycles. The predicted molar refractivity (Wildman–Crippen MR) is 125 cm³/mol. The molecular weight excluding hydrogens is 459 g/mol. The number of carbonyl (C=O) groups excluding carboxylic acids is 2. The normalized spacial score (nSPS) is 29.5. The Hall–Kier alpha value is -2.04. The number of hydrogen-bond acceptors (Lipinski definition) is 4. The smallest absolute Gasteiger partial charge is 0.320 e. The second kappa shape index (κ2) is 9.54. The van der Waals surface area contributed by atoms with Crippen molar-refractivity contribution in [2.75, 3.05) is 32.7 Å². The molecule has 4 aliphatic heterocycles. The van der Waals surface area contributed by atoms with Gasteiger partial charge in [-0.1, -0.05) is 22.4 Å². The van der Waals surface area contributed by atoms with Crippen LogP contribution in [0, 0.1) is 17.7 Å². The topological polar surface area (TPSA) is 96.0 Å². The Bertz CT molecular complexity index is 985. The maximum absolute atomic E-state index is 13.9.